The molecule has 1 aliphatic rings. The quantitative estimate of drug-likeness (QED) is 0.497. The van der Waals surface area contributed by atoms with E-state index in [1.54, 1.807) is 23.9 Å². The van der Waals surface area contributed by atoms with Crippen molar-refractivity contribution in [1.29, 1.82) is 0 Å². The van der Waals surface area contributed by atoms with Crippen LogP contribution in [-0.2, 0) is 0 Å². The van der Waals surface area contributed by atoms with E-state index in [9.17, 15) is 10.0 Å². The van der Waals surface area contributed by atoms with E-state index in [4.69, 9.17) is 0 Å². The first-order valence-electron chi connectivity index (χ1n) is 7.36. The molecule has 3 nitrogen and oxygen atoms in total. The minimum atomic E-state index is -1.44. The van der Waals surface area contributed by atoms with Crippen LogP contribution >= 0.6 is 11.8 Å². The summed E-state index contributed by atoms with van der Waals surface area (Å²) in [5.41, 5.74) is 4.83. The molecule has 0 spiro atoms. The van der Waals surface area contributed by atoms with E-state index >= 15 is 0 Å². The van der Waals surface area contributed by atoms with Gasteiger partial charge in [0.05, 0.1) is 11.4 Å². The second kappa shape index (κ2) is 5.78. The topological polar surface area (TPSA) is 52.5 Å². The van der Waals surface area contributed by atoms with Crippen LogP contribution in [-0.4, -0.2) is 17.2 Å². The zero-order chi connectivity index (χ0) is 15.8. The molecule has 1 aliphatic heterocycles. The van der Waals surface area contributed by atoms with E-state index in [-0.39, 0.29) is 0 Å². The van der Waals surface area contributed by atoms with Gasteiger partial charge in [-0.1, -0.05) is 60.3 Å². The highest BCUT2D eigenvalue weighted by molar-refractivity contribution is 7.99. The van der Waals surface area contributed by atoms with E-state index in [0.717, 1.165) is 22.5 Å². The second-order valence-corrected chi connectivity index (χ2v) is 6.48. The lowest BCUT2D eigenvalue weighted by Crippen LogP contribution is -2.29. The molecule has 0 aliphatic carbocycles. The maximum atomic E-state index is 9.23. The molecule has 3 N–H and O–H groups in total. The molecule has 1 heterocycles. The van der Waals surface area contributed by atoms with Crippen LogP contribution in [0.1, 0.15) is 0 Å². The fraction of sp³-hybridized carbons (Fsp3) is 0. The third-order valence-electron chi connectivity index (χ3n) is 3.91. The van der Waals surface area contributed by atoms with Gasteiger partial charge in [-0.2, -0.15) is 0 Å². The number of nitrogens with one attached hydrogen (secondary N) is 1. The number of hydrogen-bond donors (Lipinski definition) is 3. The number of hydrogen-bond acceptors (Lipinski definition) is 4. The smallest absolute Gasteiger partial charge is 0.423 e. The minimum Gasteiger partial charge on any atom is -0.423 e. The molecule has 112 valence electrons. The molecular weight excluding hydrogens is 305 g/mol. The molecule has 3 aromatic carbocycles. The van der Waals surface area contributed by atoms with Gasteiger partial charge >= 0.3 is 7.12 Å². The maximum absolute atomic E-state index is 9.23. The molecule has 0 saturated heterocycles. The van der Waals surface area contributed by atoms with Crippen molar-refractivity contribution in [3.05, 3.63) is 66.7 Å². The first-order chi connectivity index (χ1) is 11.2. The Balaban J connectivity index is 1.77. The van der Waals surface area contributed by atoms with Gasteiger partial charge in [0.1, 0.15) is 0 Å². The number of para-hydroxylation sites is 2. The van der Waals surface area contributed by atoms with Crippen molar-refractivity contribution in [2.24, 2.45) is 0 Å². The lowest BCUT2D eigenvalue weighted by atomic mass is 9.80. The third kappa shape index (κ3) is 2.63. The Kier molecular flexibility index (Phi) is 3.61. The van der Waals surface area contributed by atoms with Crippen molar-refractivity contribution >= 4 is 35.7 Å². The molecular formula is C18H14BNO2S. The molecule has 0 unspecified atom stereocenters. The Labute approximate surface area is 139 Å². The van der Waals surface area contributed by atoms with Gasteiger partial charge < -0.3 is 15.4 Å². The Morgan fingerprint density at radius 1 is 0.783 bits per heavy atom. The predicted octanol–water partition coefficient (Wildman–Crippen LogP) is 3.24. The van der Waals surface area contributed by atoms with Crippen molar-refractivity contribution in [2.45, 2.75) is 9.79 Å². The van der Waals surface area contributed by atoms with Gasteiger partial charge in [-0.25, -0.2) is 0 Å². The monoisotopic (exact) mass is 319 g/mol. The minimum absolute atomic E-state index is 0.492. The molecule has 4 rings (SSSR count). The second-order valence-electron chi connectivity index (χ2n) is 5.40. The van der Waals surface area contributed by atoms with Crippen LogP contribution < -0.4 is 10.8 Å². The highest BCUT2D eigenvalue weighted by Crippen LogP contribution is 2.47. The number of rotatable bonds is 2. The van der Waals surface area contributed by atoms with Crippen LogP contribution in [0.2, 0.25) is 0 Å². The standard InChI is InChI=1S/C18H14BNO2S/c21-19(22)13-10-8-12(9-11-13)14-4-3-7-17-18(14)20-15-5-1-2-6-16(15)23-17/h1-11,20-22H. The summed E-state index contributed by atoms with van der Waals surface area (Å²) in [5, 5.41) is 22.0. The summed E-state index contributed by atoms with van der Waals surface area (Å²) in [4.78, 5) is 2.41. The van der Waals surface area contributed by atoms with E-state index in [0.29, 0.717) is 5.46 Å². The van der Waals surface area contributed by atoms with Crippen LogP contribution in [0.25, 0.3) is 11.1 Å². The van der Waals surface area contributed by atoms with E-state index in [1.165, 1.54) is 9.79 Å². The van der Waals surface area contributed by atoms with E-state index in [1.807, 2.05) is 30.3 Å². The van der Waals surface area contributed by atoms with Crippen LogP contribution in [0, 0.1) is 0 Å². The number of anilines is 2. The van der Waals surface area contributed by atoms with Crippen LogP contribution in [0.5, 0.6) is 0 Å². The van der Waals surface area contributed by atoms with Crippen LogP contribution in [0.15, 0.2) is 76.5 Å². The summed E-state index contributed by atoms with van der Waals surface area (Å²) in [6.07, 6.45) is 0. The van der Waals surface area contributed by atoms with Gasteiger partial charge in [0.2, 0.25) is 0 Å². The van der Waals surface area contributed by atoms with Gasteiger partial charge in [0, 0.05) is 15.4 Å². The fourth-order valence-electron chi connectivity index (χ4n) is 2.73. The summed E-state index contributed by atoms with van der Waals surface area (Å²) in [6, 6.07) is 21.8. The average molecular weight is 319 g/mol. The lowest BCUT2D eigenvalue weighted by Gasteiger charge is -2.23. The molecule has 3 aromatic rings. The molecule has 0 fully saturated rings. The van der Waals surface area contributed by atoms with Gasteiger partial charge in [-0.3, -0.25) is 0 Å². The first-order valence-corrected chi connectivity index (χ1v) is 8.17. The Morgan fingerprint density at radius 3 is 2.30 bits per heavy atom. The zero-order valence-electron chi connectivity index (χ0n) is 12.2. The summed E-state index contributed by atoms with van der Waals surface area (Å²) >= 11 is 1.76. The summed E-state index contributed by atoms with van der Waals surface area (Å²) in [6.45, 7) is 0. The summed E-state index contributed by atoms with van der Waals surface area (Å²) in [7, 11) is -1.44. The van der Waals surface area contributed by atoms with Crippen molar-refractivity contribution in [3.8, 4) is 11.1 Å². The number of fused-ring (bicyclic) bond motifs is 2. The van der Waals surface area contributed by atoms with Crippen LogP contribution in [0.4, 0.5) is 11.4 Å². The predicted molar refractivity (Wildman–Crippen MR) is 95.6 cm³/mol. The maximum Gasteiger partial charge on any atom is 0.488 e. The largest absolute Gasteiger partial charge is 0.488 e. The summed E-state index contributed by atoms with van der Waals surface area (Å²) in [5.74, 6) is 0. The van der Waals surface area contributed by atoms with Crippen molar-refractivity contribution < 1.29 is 10.0 Å². The molecule has 5 heteroatoms. The van der Waals surface area contributed by atoms with Gasteiger partial charge in [0.15, 0.2) is 0 Å². The Morgan fingerprint density at radius 2 is 1.52 bits per heavy atom. The first kappa shape index (κ1) is 14.4. The van der Waals surface area contributed by atoms with Crippen molar-refractivity contribution in [3.63, 3.8) is 0 Å². The molecule has 0 bridgehead atoms. The zero-order valence-corrected chi connectivity index (χ0v) is 13.0. The molecule has 0 amide bonds. The summed E-state index contributed by atoms with van der Waals surface area (Å²) < 4.78 is 0. The van der Waals surface area contributed by atoms with Crippen molar-refractivity contribution in [1.82, 2.24) is 0 Å². The van der Waals surface area contributed by atoms with E-state index < -0.39 is 7.12 Å². The van der Waals surface area contributed by atoms with Gasteiger partial charge in [-0.15, -0.1) is 0 Å². The van der Waals surface area contributed by atoms with E-state index in [2.05, 4.69) is 29.6 Å². The van der Waals surface area contributed by atoms with Gasteiger partial charge in [-0.05, 0) is 29.2 Å². The SMILES string of the molecule is OB(O)c1ccc(-c2cccc3c2Nc2ccccc2S3)cc1. The molecule has 0 saturated carbocycles. The lowest BCUT2D eigenvalue weighted by molar-refractivity contribution is 0.426. The molecule has 0 aromatic heterocycles. The fourth-order valence-corrected chi connectivity index (χ4v) is 3.75. The number of benzene rings is 3. The Hall–Kier alpha value is -2.21. The Bertz CT molecular complexity index is 865. The van der Waals surface area contributed by atoms with Gasteiger partial charge in [0.25, 0.3) is 0 Å². The normalized spacial score (nSPS) is 12.1. The average Bonchev–Trinajstić information content (AvgIpc) is 2.59. The molecule has 0 atom stereocenters. The highest BCUT2D eigenvalue weighted by Gasteiger charge is 2.19. The third-order valence-corrected chi connectivity index (χ3v) is 5.05. The molecule has 0 radical (unpaired) electrons. The highest BCUT2D eigenvalue weighted by atomic mass is 32.2. The van der Waals surface area contributed by atoms with Crippen LogP contribution in [0.3, 0.4) is 0 Å². The molecule has 23 heavy (non-hydrogen) atoms. The van der Waals surface area contributed by atoms with Crippen molar-refractivity contribution in [2.75, 3.05) is 5.32 Å².